The molecule has 1 aromatic rings. The maximum atomic E-state index is 11.8. The topological polar surface area (TPSA) is 75.4 Å². The second-order valence-electron chi connectivity index (χ2n) is 5.87. The summed E-state index contributed by atoms with van der Waals surface area (Å²) in [4.78, 5) is 2.41. The molecular formula is C15H25N3O2S. The van der Waals surface area contributed by atoms with E-state index < -0.39 is 10.0 Å². The van der Waals surface area contributed by atoms with Crippen LogP contribution in [0.15, 0.2) is 23.1 Å². The molecule has 2 rings (SSSR count). The van der Waals surface area contributed by atoms with Gasteiger partial charge in [0.25, 0.3) is 0 Å². The van der Waals surface area contributed by atoms with E-state index in [-0.39, 0.29) is 4.90 Å². The minimum Gasteiger partial charge on any atom is -0.397 e. The van der Waals surface area contributed by atoms with Crippen LogP contribution in [0.25, 0.3) is 0 Å². The third-order valence-corrected chi connectivity index (χ3v) is 5.93. The molecule has 118 valence electrons. The zero-order valence-corrected chi connectivity index (χ0v) is 13.8. The molecule has 0 aliphatic heterocycles. The highest BCUT2D eigenvalue weighted by Gasteiger charge is 2.26. The first-order chi connectivity index (χ1) is 9.86. The van der Waals surface area contributed by atoms with Crippen molar-refractivity contribution >= 4 is 21.4 Å². The van der Waals surface area contributed by atoms with Gasteiger partial charge in [-0.15, -0.1) is 0 Å². The quantitative estimate of drug-likeness (QED) is 0.836. The van der Waals surface area contributed by atoms with Crippen LogP contribution in [-0.2, 0) is 10.0 Å². The molecular weight excluding hydrogens is 286 g/mol. The Morgan fingerprint density at radius 3 is 2.52 bits per heavy atom. The van der Waals surface area contributed by atoms with Crippen LogP contribution in [0.4, 0.5) is 11.4 Å². The van der Waals surface area contributed by atoms with Crippen LogP contribution in [0.2, 0.25) is 0 Å². The third kappa shape index (κ3) is 3.32. The molecule has 0 heterocycles. The van der Waals surface area contributed by atoms with Crippen molar-refractivity contribution in [3.8, 4) is 0 Å². The second kappa shape index (κ2) is 6.23. The fourth-order valence-corrected chi connectivity index (χ4v) is 3.95. The monoisotopic (exact) mass is 311 g/mol. The number of anilines is 2. The van der Waals surface area contributed by atoms with E-state index in [0.717, 1.165) is 12.1 Å². The highest BCUT2D eigenvalue weighted by Crippen LogP contribution is 2.33. The molecule has 1 aromatic carbocycles. The van der Waals surface area contributed by atoms with E-state index in [2.05, 4.69) is 16.5 Å². The Labute approximate surface area is 127 Å². The van der Waals surface area contributed by atoms with Crippen molar-refractivity contribution < 1.29 is 8.42 Å². The van der Waals surface area contributed by atoms with Gasteiger partial charge in [0.2, 0.25) is 10.0 Å². The standard InChI is InChI=1S/C15H25N3O2S/c1-11-6-4-5-7-14(11)18(3)15-9-8-12(10-13(15)16)21(19,20)17-2/h8-11,14,17H,4-7,16H2,1-3H3. The van der Waals surface area contributed by atoms with Crippen LogP contribution in [0.5, 0.6) is 0 Å². The minimum absolute atomic E-state index is 0.205. The van der Waals surface area contributed by atoms with Crippen molar-refractivity contribution in [3.05, 3.63) is 18.2 Å². The number of nitrogen functional groups attached to an aromatic ring is 1. The van der Waals surface area contributed by atoms with Gasteiger partial charge in [-0.05, 0) is 44.0 Å². The molecule has 0 spiro atoms. The fraction of sp³-hybridized carbons (Fsp3) is 0.600. The van der Waals surface area contributed by atoms with E-state index in [1.165, 1.54) is 32.4 Å². The van der Waals surface area contributed by atoms with Crippen LogP contribution in [0, 0.1) is 5.92 Å². The summed E-state index contributed by atoms with van der Waals surface area (Å²) in [6, 6.07) is 5.42. The molecule has 5 nitrogen and oxygen atoms in total. The summed E-state index contributed by atoms with van der Waals surface area (Å²) in [7, 11) is -0.00316. The van der Waals surface area contributed by atoms with Gasteiger partial charge in [-0.25, -0.2) is 13.1 Å². The largest absolute Gasteiger partial charge is 0.397 e. The maximum absolute atomic E-state index is 11.8. The van der Waals surface area contributed by atoms with E-state index in [1.807, 2.05) is 7.05 Å². The molecule has 0 saturated heterocycles. The highest BCUT2D eigenvalue weighted by atomic mass is 32.2. The molecule has 6 heteroatoms. The average Bonchev–Trinajstić information content (AvgIpc) is 2.47. The lowest BCUT2D eigenvalue weighted by Gasteiger charge is -2.38. The van der Waals surface area contributed by atoms with Gasteiger partial charge in [-0.1, -0.05) is 19.8 Å². The summed E-state index contributed by atoms with van der Waals surface area (Å²) in [6.07, 6.45) is 4.93. The van der Waals surface area contributed by atoms with E-state index in [4.69, 9.17) is 5.73 Å². The van der Waals surface area contributed by atoms with Crippen molar-refractivity contribution in [2.24, 2.45) is 5.92 Å². The van der Waals surface area contributed by atoms with Gasteiger partial charge in [-0.3, -0.25) is 0 Å². The summed E-state index contributed by atoms with van der Waals surface area (Å²) >= 11 is 0. The number of nitrogens with two attached hydrogens (primary N) is 1. The van der Waals surface area contributed by atoms with Crippen LogP contribution < -0.4 is 15.4 Å². The van der Waals surface area contributed by atoms with Gasteiger partial charge < -0.3 is 10.6 Å². The van der Waals surface area contributed by atoms with Crippen LogP contribution in [0.1, 0.15) is 32.6 Å². The molecule has 1 aliphatic rings. The van der Waals surface area contributed by atoms with Crippen molar-refractivity contribution in [2.45, 2.75) is 43.5 Å². The minimum atomic E-state index is -3.45. The zero-order valence-electron chi connectivity index (χ0n) is 13.0. The predicted molar refractivity (Wildman–Crippen MR) is 86.9 cm³/mol. The maximum Gasteiger partial charge on any atom is 0.240 e. The summed E-state index contributed by atoms with van der Waals surface area (Å²) < 4.78 is 25.9. The Bertz CT molecular complexity index is 601. The Balaban J connectivity index is 2.28. The van der Waals surface area contributed by atoms with Crippen molar-refractivity contribution in [1.82, 2.24) is 4.72 Å². The van der Waals surface area contributed by atoms with Crippen molar-refractivity contribution in [3.63, 3.8) is 0 Å². The van der Waals surface area contributed by atoms with E-state index in [9.17, 15) is 8.42 Å². The molecule has 1 aliphatic carbocycles. The summed E-state index contributed by atoms with van der Waals surface area (Å²) in [5.74, 6) is 0.629. The van der Waals surface area contributed by atoms with Crippen LogP contribution in [-0.4, -0.2) is 28.6 Å². The van der Waals surface area contributed by atoms with Gasteiger partial charge in [0.05, 0.1) is 16.3 Å². The fourth-order valence-electron chi connectivity index (χ4n) is 3.19. The molecule has 2 unspecified atom stereocenters. The molecule has 21 heavy (non-hydrogen) atoms. The van der Waals surface area contributed by atoms with Gasteiger partial charge in [-0.2, -0.15) is 0 Å². The number of hydrogen-bond donors (Lipinski definition) is 2. The Hall–Kier alpha value is -1.27. The van der Waals surface area contributed by atoms with E-state index in [0.29, 0.717) is 17.6 Å². The molecule has 1 saturated carbocycles. The highest BCUT2D eigenvalue weighted by molar-refractivity contribution is 7.89. The molecule has 0 amide bonds. The molecule has 0 aromatic heterocycles. The first-order valence-electron chi connectivity index (χ1n) is 7.42. The number of nitrogens with one attached hydrogen (secondary N) is 1. The summed E-state index contributed by atoms with van der Waals surface area (Å²) in [6.45, 7) is 2.27. The average molecular weight is 311 g/mol. The van der Waals surface area contributed by atoms with E-state index in [1.54, 1.807) is 12.1 Å². The smallest absolute Gasteiger partial charge is 0.240 e. The SMILES string of the molecule is CNS(=O)(=O)c1ccc(N(C)C2CCCCC2C)c(N)c1. The molecule has 1 fully saturated rings. The lowest BCUT2D eigenvalue weighted by Crippen LogP contribution is -2.39. The zero-order chi connectivity index (χ0) is 15.6. The lowest BCUT2D eigenvalue weighted by atomic mass is 9.85. The van der Waals surface area contributed by atoms with Gasteiger partial charge in [0.1, 0.15) is 0 Å². The first kappa shape index (κ1) is 16.1. The number of nitrogens with zero attached hydrogens (tertiary/aromatic N) is 1. The van der Waals surface area contributed by atoms with Gasteiger partial charge >= 0.3 is 0 Å². The molecule has 2 atom stereocenters. The second-order valence-corrected chi connectivity index (χ2v) is 7.75. The Kier molecular flexibility index (Phi) is 4.78. The summed E-state index contributed by atoms with van der Waals surface area (Å²) in [5, 5.41) is 0. The Morgan fingerprint density at radius 2 is 1.95 bits per heavy atom. The third-order valence-electron chi connectivity index (χ3n) is 4.52. The summed E-state index contributed by atoms with van der Waals surface area (Å²) in [5.41, 5.74) is 7.50. The van der Waals surface area contributed by atoms with E-state index >= 15 is 0 Å². The first-order valence-corrected chi connectivity index (χ1v) is 8.91. The lowest BCUT2D eigenvalue weighted by molar-refractivity contribution is 0.322. The van der Waals surface area contributed by atoms with Gasteiger partial charge in [0, 0.05) is 13.1 Å². The van der Waals surface area contributed by atoms with Crippen LogP contribution >= 0.6 is 0 Å². The normalized spacial score (nSPS) is 23.0. The van der Waals surface area contributed by atoms with Crippen molar-refractivity contribution in [1.29, 1.82) is 0 Å². The predicted octanol–water partition coefficient (Wildman–Crippen LogP) is 2.19. The van der Waals surface area contributed by atoms with Crippen LogP contribution in [0.3, 0.4) is 0 Å². The van der Waals surface area contributed by atoms with Gasteiger partial charge in [0.15, 0.2) is 0 Å². The molecule has 0 radical (unpaired) electrons. The van der Waals surface area contributed by atoms with Crippen molar-refractivity contribution in [2.75, 3.05) is 24.7 Å². The number of benzene rings is 1. The number of sulfonamides is 1. The molecule has 3 N–H and O–H groups in total. The molecule has 0 bridgehead atoms. The Morgan fingerprint density at radius 1 is 1.29 bits per heavy atom. The number of rotatable bonds is 4. The number of hydrogen-bond acceptors (Lipinski definition) is 4.